The van der Waals surface area contributed by atoms with Crippen molar-refractivity contribution in [3.05, 3.63) is 59.8 Å². The van der Waals surface area contributed by atoms with Gasteiger partial charge in [0.2, 0.25) is 0 Å². The minimum absolute atomic E-state index is 0.144. The van der Waals surface area contributed by atoms with E-state index in [1.54, 1.807) is 43.2 Å². The Morgan fingerprint density at radius 3 is 2.33 bits per heavy atom. The molecule has 9 nitrogen and oxygen atoms in total. The van der Waals surface area contributed by atoms with Crippen LogP contribution in [0, 0.1) is 5.41 Å². The van der Waals surface area contributed by atoms with Crippen LogP contribution in [-0.2, 0) is 19.1 Å². The number of piperidine rings is 1. The molecule has 2 N–H and O–H groups in total. The SMILES string of the molecule is CCOC(=O)C(=N)C1=C(Nc2ccc(OC)cc2)C(=O)N(c2ccc(N3CCCC(=O)C3)cc2)CC1. The number of ketones is 1. The minimum atomic E-state index is -0.761. The molecule has 0 saturated carbocycles. The Kier molecular flexibility index (Phi) is 7.68. The van der Waals surface area contributed by atoms with Crippen LogP contribution in [0.3, 0.4) is 0 Å². The Labute approximate surface area is 210 Å². The summed E-state index contributed by atoms with van der Waals surface area (Å²) in [6.45, 7) is 3.36. The molecule has 4 rings (SSSR count). The van der Waals surface area contributed by atoms with Crippen LogP contribution < -0.4 is 19.9 Å². The average molecular weight is 491 g/mol. The van der Waals surface area contributed by atoms with E-state index in [4.69, 9.17) is 14.9 Å². The number of anilines is 3. The van der Waals surface area contributed by atoms with Crippen molar-refractivity contribution >= 4 is 40.4 Å². The van der Waals surface area contributed by atoms with E-state index in [9.17, 15) is 14.4 Å². The highest BCUT2D eigenvalue weighted by Gasteiger charge is 2.32. The number of Topliss-reactive ketones (excluding diaryl/α,β-unsaturated/α-hetero) is 1. The molecular formula is C27H30N4O5. The number of hydrogen-bond acceptors (Lipinski definition) is 8. The van der Waals surface area contributed by atoms with Crippen molar-refractivity contribution in [1.29, 1.82) is 5.41 Å². The number of carbonyl (C=O) groups is 3. The normalized spacial score (nSPS) is 16.2. The van der Waals surface area contributed by atoms with Gasteiger partial charge in [-0.1, -0.05) is 0 Å². The van der Waals surface area contributed by atoms with Crippen LogP contribution >= 0.6 is 0 Å². The van der Waals surface area contributed by atoms with Gasteiger partial charge in [0, 0.05) is 42.1 Å². The van der Waals surface area contributed by atoms with Crippen molar-refractivity contribution in [2.75, 3.05) is 48.5 Å². The number of hydrogen-bond donors (Lipinski definition) is 2. The standard InChI is InChI=1S/C27H30N4O5/c1-3-36-27(34)24(28)23-14-16-31(26(33)25(23)29-18-6-12-22(35-2)13-7-18)20-10-8-19(9-11-20)30-15-4-5-21(32)17-30/h6-13,28-29H,3-5,14-17H2,1-2H3. The van der Waals surface area contributed by atoms with Crippen LogP contribution in [-0.4, -0.2) is 56.7 Å². The van der Waals surface area contributed by atoms with Gasteiger partial charge < -0.3 is 24.6 Å². The first-order chi connectivity index (χ1) is 17.4. The fraction of sp³-hybridized carbons (Fsp3) is 0.333. The lowest BCUT2D eigenvalue weighted by atomic mass is 9.98. The summed E-state index contributed by atoms with van der Waals surface area (Å²) in [5, 5.41) is 11.5. The number of carbonyl (C=O) groups excluding carboxylic acids is 3. The van der Waals surface area contributed by atoms with Gasteiger partial charge in [-0.3, -0.25) is 15.0 Å². The van der Waals surface area contributed by atoms with Gasteiger partial charge in [-0.2, -0.15) is 0 Å². The van der Waals surface area contributed by atoms with Gasteiger partial charge >= 0.3 is 5.97 Å². The summed E-state index contributed by atoms with van der Waals surface area (Å²) >= 11 is 0. The van der Waals surface area contributed by atoms with E-state index in [0.29, 0.717) is 48.6 Å². The molecule has 0 radical (unpaired) electrons. The quantitative estimate of drug-likeness (QED) is 0.430. The van der Waals surface area contributed by atoms with Crippen molar-refractivity contribution in [3.63, 3.8) is 0 Å². The lowest BCUT2D eigenvalue weighted by molar-refractivity contribution is -0.135. The summed E-state index contributed by atoms with van der Waals surface area (Å²) in [5.74, 6) is -0.209. The van der Waals surface area contributed by atoms with E-state index >= 15 is 0 Å². The highest BCUT2D eigenvalue weighted by Crippen LogP contribution is 2.30. The van der Waals surface area contributed by atoms with Gasteiger partial charge in [0.15, 0.2) is 5.78 Å². The van der Waals surface area contributed by atoms with Crippen molar-refractivity contribution in [2.45, 2.75) is 26.2 Å². The van der Waals surface area contributed by atoms with Crippen LogP contribution in [0.2, 0.25) is 0 Å². The monoisotopic (exact) mass is 490 g/mol. The zero-order valence-corrected chi connectivity index (χ0v) is 20.5. The summed E-state index contributed by atoms with van der Waals surface area (Å²) in [6.07, 6.45) is 1.77. The lowest BCUT2D eigenvalue weighted by Gasteiger charge is -2.32. The van der Waals surface area contributed by atoms with E-state index in [2.05, 4.69) is 5.32 Å². The maximum absolute atomic E-state index is 13.7. The van der Waals surface area contributed by atoms with Gasteiger partial charge in [0.25, 0.3) is 5.91 Å². The molecular weight excluding hydrogens is 460 g/mol. The molecule has 2 aliphatic rings. The number of ether oxygens (including phenoxy) is 2. The number of rotatable bonds is 8. The summed E-state index contributed by atoms with van der Waals surface area (Å²) < 4.78 is 10.2. The Balaban J connectivity index is 1.61. The third-order valence-corrected chi connectivity index (χ3v) is 6.26. The van der Waals surface area contributed by atoms with E-state index in [0.717, 1.165) is 18.7 Å². The minimum Gasteiger partial charge on any atom is -0.497 e. The molecule has 0 bridgehead atoms. The topological polar surface area (TPSA) is 112 Å². The second-order valence-corrected chi connectivity index (χ2v) is 8.59. The summed E-state index contributed by atoms with van der Waals surface area (Å²) in [6, 6.07) is 14.6. The Morgan fingerprint density at radius 1 is 1.00 bits per heavy atom. The number of nitrogens with one attached hydrogen (secondary N) is 2. The lowest BCUT2D eigenvalue weighted by Crippen LogP contribution is -2.42. The summed E-state index contributed by atoms with van der Waals surface area (Å²) in [5.41, 5.74) is 2.41. The molecule has 1 amide bonds. The van der Waals surface area contributed by atoms with E-state index in [1.807, 2.05) is 29.2 Å². The number of amides is 1. The molecule has 0 aliphatic carbocycles. The molecule has 188 valence electrons. The molecule has 1 saturated heterocycles. The molecule has 0 atom stereocenters. The van der Waals surface area contributed by atoms with Crippen LogP contribution in [0.5, 0.6) is 5.75 Å². The molecule has 0 unspecified atom stereocenters. The molecule has 36 heavy (non-hydrogen) atoms. The molecule has 0 spiro atoms. The molecule has 0 aromatic heterocycles. The van der Waals surface area contributed by atoms with Crippen molar-refractivity contribution in [1.82, 2.24) is 0 Å². The van der Waals surface area contributed by atoms with Gasteiger partial charge in [-0.05, 0) is 68.3 Å². The van der Waals surface area contributed by atoms with Gasteiger partial charge in [0.05, 0.1) is 20.3 Å². The molecule has 2 aromatic carbocycles. The highest BCUT2D eigenvalue weighted by atomic mass is 16.5. The second-order valence-electron chi connectivity index (χ2n) is 8.59. The fourth-order valence-electron chi connectivity index (χ4n) is 4.39. The molecule has 1 fully saturated rings. The van der Waals surface area contributed by atoms with Gasteiger partial charge in [-0.25, -0.2) is 4.79 Å². The number of benzene rings is 2. The van der Waals surface area contributed by atoms with Gasteiger partial charge in [0.1, 0.15) is 17.2 Å². The predicted molar refractivity (Wildman–Crippen MR) is 138 cm³/mol. The van der Waals surface area contributed by atoms with Crippen LogP contribution in [0.4, 0.5) is 17.1 Å². The average Bonchev–Trinajstić information content (AvgIpc) is 2.90. The summed E-state index contributed by atoms with van der Waals surface area (Å²) in [4.78, 5) is 41.5. The molecule has 2 aliphatic heterocycles. The Bertz CT molecular complexity index is 1190. The summed E-state index contributed by atoms with van der Waals surface area (Å²) in [7, 11) is 1.57. The molecule has 2 aromatic rings. The van der Waals surface area contributed by atoms with Crippen LogP contribution in [0.15, 0.2) is 59.8 Å². The first-order valence-electron chi connectivity index (χ1n) is 12.0. The smallest absolute Gasteiger partial charge is 0.356 e. The zero-order chi connectivity index (χ0) is 25.7. The van der Waals surface area contributed by atoms with E-state index in [1.165, 1.54) is 0 Å². The first-order valence-corrected chi connectivity index (χ1v) is 12.0. The number of esters is 1. The van der Waals surface area contributed by atoms with Crippen molar-refractivity contribution < 1.29 is 23.9 Å². The van der Waals surface area contributed by atoms with Crippen LogP contribution in [0.25, 0.3) is 0 Å². The van der Waals surface area contributed by atoms with E-state index in [-0.39, 0.29) is 29.7 Å². The maximum atomic E-state index is 13.7. The third kappa shape index (κ3) is 5.40. The first kappa shape index (κ1) is 25.0. The number of nitrogens with zero attached hydrogens (tertiary/aromatic N) is 2. The molecule has 9 heteroatoms. The Morgan fingerprint density at radius 2 is 1.69 bits per heavy atom. The largest absolute Gasteiger partial charge is 0.497 e. The Hall–Kier alpha value is -4.14. The van der Waals surface area contributed by atoms with Crippen LogP contribution in [0.1, 0.15) is 26.2 Å². The second kappa shape index (κ2) is 11.1. The van der Waals surface area contributed by atoms with Crippen molar-refractivity contribution in [2.24, 2.45) is 0 Å². The third-order valence-electron chi connectivity index (χ3n) is 6.26. The predicted octanol–water partition coefficient (Wildman–Crippen LogP) is 3.55. The maximum Gasteiger partial charge on any atom is 0.356 e. The van der Waals surface area contributed by atoms with E-state index < -0.39 is 5.97 Å². The zero-order valence-electron chi connectivity index (χ0n) is 20.5. The van der Waals surface area contributed by atoms with Crippen molar-refractivity contribution in [3.8, 4) is 5.75 Å². The van der Waals surface area contributed by atoms with Gasteiger partial charge in [-0.15, -0.1) is 0 Å². The molecule has 2 heterocycles. The fourth-order valence-corrected chi connectivity index (χ4v) is 4.39. The number of methoxy groups -OCH3 is 1. The highest BCUT2D eigenvalue weighted by molar-refractivity contribution is 6.43.